The summed E-state index contributed by atoms with van der Waals surface area (Å²) >= 11 is 0. The van der Waals surface area contributed by atoms with Gasteiger partial charge in [0, 0.05) is 0 Å². The summed E-state index contributed by atoms with van der Waals surface area (Å²) in [7, 11) is 0. The predicted octanol–water partition coefficient (Wildman–Crippen LogP) is 2.58. The van der Waals surface area contributed by atoms with E-state index in [-0.39, 0.29) is 0 Å². The van der Waals surface area contributed by atoms with Crippen molar-refractivity contribution in [2.24, 2.45) is 0 Å². The lowest BCUT2D eigenvalue weighted by Crippen LogP contribution is -2.21. The molecule has 0 unspecified atom stereocenters. The number of nitrogens with zero attached hydrogens (tertiary/aromatic N) is 1. The maximum absolute atomic E-state index is 10.9. The Bertz CT molecular complexity index is 456. The van der Waals surface area contributed by atoms with Crippen molar-refractivity contribution in [3.63, 3.8) is 0 Å². The van der Waals surface area contributed by atoms with Gasteiger partial charge in [0.25, 0.3) is 0 Å². The van der Waals surface area contributed by atoms with E-state index in [1.807, 2.05) is 30.3 Å². The summed E-state index contributed by atoms with van der Waals surface area (Å²) in [6.45, 7) is 0.359. The minimum Gasteiger partial charge on any atom is -0.276 e. The third-order valence-electron chi connectivity index (χ3n) is 2.26. The van der Waals surface area contributed by atoms with Crippen molar-refractivity contribution >= 4 is 12.1 Å². The summed E-state index contributed by atoms with van der Waals surface area (Å²) in [5.41, 5.74) is 1.71. The standard InChI is InChI=1S/C14H12NO2/c16-12-15(14-9-5-2-6-10-14)17-11-13-7-3-1-4-8-13/h1,3-10,12H,11H2. The van der Waals surface area contributed by atoms with Crippen LogP contribution in [0.15, 0.2) is 54.6 Å². The molecule has 17 heavy (non-hydrogen) atoms. The van der Waals surface area contributed by atoms with E-state index < -0.39 is 0 Å². The molecule has 0 saturated heterocycles. The van der Waals surface area contributed by atoms with Crippen molar-refractivity contribution in [1.82, 2.24) is 0 Å². The van der Waals surface area contributed by atoms with Crippen LogP contribution in [0, 0.1) is 6.07 Å². The summed E-state index contributed by atoms with van der Waals surface area (Å²) < 4.78 is 0. The molecule has 1 amide bonds. The highest BCUT2D eigenvalue weighted by Gasteiger charge is 2.04. The molecular weight excluding hydrogens is 214 g/mol. The van der Waals surface area contributed by atoms with Crippen LogP contribution in [0.5, 0.6) is 0 Å². The average Bonchev–Trinajstić information content (AvgIpc) is 2.42. The molecule has 0 spiro atoms. The largest absolute Gasteiger partial charge is 0.276 e. The van der Waals surface area contributed by atoms with E-state index in [9.17, 15) is 4.79 Å². The van der Waals surface area contributed by atoms with E-state index >= 15 is 0 Å². The topological polar surface area (TPSA) is 29.5 Å². The quantitative estimate of drug-likeness (QED) is 0.579. The van der Waals surface area contributed by atoms with Crippen molar-refractivity contribution in [1.29, 1.82) is 0 Å². The van der Waals surface area contributed by atoms with Gasteiger partial charge in [-0.3, -0.25) is 9.63 Å². The van der Waals surface area contributed by atoms with Crippen LogP contribution in [0.3, 0.4) is 0 Å². The zero-order valence-corrected chi connectivity index (χ0v) is 9.24. The second-order valence-electron chi connectivity index (χ2n) is 3.45. The number of carbonyl (C=O) groups is 1. The zero-order chi connectivity index (χ0) is 11.9. The fourth-order valence-electron chi connectivity index (χ4n) is 1.41. The average molecular weight is 226 g/mol. The van der Waals surface area contributed by atoms with Crippen molar-refractivity contribution < 1.29 is 9.63 Å². The molecule has 0 fully saturated rings. The van der Waals surface area contributed by atoms with Gasteiger partial charge in [-0.1, -0.05) is 42.5 Å². The molecule has 2 aromatic carbocycles. The highest BCUT2D eigenvalue weighted by molar-refractivity contribution is 5.71. The first-order chi connectivity index (χ1) is 8.40. The summed E-state index contributed by atoms with van der Waals surface area (Å²) in [6, 6.07) is 19.6. The Morgan fingerprint density at radius 2 is 1.82 bits per heavy atom. The minimum absolute atomic E-state index is 0.359. The monoisotopic (exact) mass is 226 g/mol. The lowest BCUT2D eigenvalue weighted by atomic mass is 10.2. The van der Waals surface area contributed by atoms with Crippen molar-refractivity contribution in [3.05, 3.63) is 66.2 Å². The van der Waals surface area contributed by atoms with Gasteiger partial charge in [-0.2, -0.15) is 5.06 Å². The smallest absolute Gasteiger partial charge is 0.238 e. The van der Waals surface area contributed by atoms with Gasteiger partial charge in [0.2, 0.25) is 6.41 Å². The first kappa shape index (κ1) is 11.4. The number of amides is 1. The summed E-state index contributed by atoms with van der Waals surface area (Å²) in [5, 5.41) is 1.21. The number of rotatable bonds is 5. The third kappa shape index (κ3) is 3.16. The fourth-order valence-corrected chi connectivity index (χ4v) is 1.41. The van der Waals surface area contributed by atoms with Crippen LogP contribution in [0.4, 0.5) is 5.69 Å². The molecule has 2 aromatic rings. The minimum atomic E-state index is 0.359. The molecule has 0 aliphatic heterocycles. The molecule has 0 saturated carbocycles. The number of anilines is 1. The lowest BCUT2D eigenvalue weighted by molar-refractivity contribution is -0.114. The van der Waals surface area contributed by atoms with E-state index in [1.165, 1.54) is 5.06 Å². The van der Waals surface area contributed by atoms with Gasteiger partial charge in [0.15, 0.2) is 0 Å². The van der Waals surface area contributed by atoms with Crippen LogP contribution in [0.1, 0.15) is 5.56 Å². The van der Waals surface area contributed by atoms with Crippen molar-refractivity contribution in [3.8, 4) is 0 Å². The Morgan fingerprint density at radius 1 is 1.12 bits per heavy atom. The molecule has 0 bridgehead atoms. The summed E-state index contributed by atoms with van der Waals surface area (Å²) in [5.74, 6) is 0. The summed E-state index contributed by atoms with van der Waals surface area (Å²) in [6.07, 6.45) is 0.651. The number of hydrogen-bond acceptors (Lipinski definition) is 2. The molecule has 3 nitrogen and oxygen atoms in total. The number of hydroxylamine groups is 1. The van der Waals surface area contributed by atoms with Crippen LogP contribution >= 0.6 is 0 Å². The predicted molar refractivity (Wildman–Crippen MR) is 65.1 cm³/mol. The van der Waals surface area contributed by atoms with Crippen molar-refractivity contribution in [2.75, 3.05) is 5.06 Å². The van der Waals surface area contributed by atoms with Gasteiger partial charge in [-0.05, 0) is 23.8 Å². The second-order valence-corrected chi connectivity index (χ2v) is 3.45. The molecule has 0 atom stereocenters. The van der Waals surface area contributed by atoms with Crippen LogP contribution in [0.2, 0.25) is 0 Å². The van der Waals surface area contributed by atoms with Crippen molar-refractivity contribution in [2.45, 2.75) is 6.61 Å². The highest BCUT2D eigenvalue weighted by atomic mass is 16.7. The molecule has 0 N–H and O–H groups in total. The summed E-state index contributed by atoms with van der Waals surface area (Å²) in [4.78, 5) is 16.3. The van der Waals surface area contributed by atoms with Gasteiger partial charge in [-0.25, -0.2) is 0 Å². The van der Waals surface area contributed by atoms with Gasteiger partial charge in [0.1, 0.15) is 6.61 Å². The fraction of sp³-hybridized carbons (Fsp3) is 0.0714. The number of hydrogen-bond donors (Lipinski definition) is 0. The van der Waals surface area contributed by atoms with Crippen LogP contribution in [-0.2, 0) is 16.2 Å². The van der Waals surface area contributed by atoms with Crippen LogP contribution < -0.4 is 5.06 Å². The zero-order valence-electron chi connectivity index (χ0n) is 9.24. The SMILES string of the molecule is O=CN(OCc1ccccc1)c1cc[c]cc1. The maximum atomic E-state index is 10.9. The molecule has 0 aliphatic rings. The van der Waals surface area contributed by atoms with Gasteiger partial charge < -0.3 is 0 Å². The van der Waals surface area contributed by atoms with E-state index in [4.69, 9.17) is 4.84 Å². The Morgan fingerprint density at radius 3 is 2.47 bits per heavy atom. The molecule has 2 rings (SSSR count). The van der Waals surface area contributed by atoms with Crippen LogP contribution in [-0.4, -0.2) is 6.41 Å². The highest BCUT2D eigenvalue weighted by Crippen LogP contribution is 2.13. The lowest BCUT2D eigenvalue weighted by Gasteiger charge is -2.16. The Kier molecular flexibility index (Phi) is 3.89. The Hall–Kier alpha value is -2.13. The Labute approximate surface area is 100 Å². The van der Waals surface area contributed by atoms with Gasteiger partial charge in [-0.15, -0.1) is 0 Å². The first-order valence-corrected chi connectivity index (χ1v) is 5.27. The van der Waals surface area contributed by atoms with E-state index in [0.29, 0.717) is 18.7 Å². The molecule has 0 aliphatic carbocycles. The molecule has 1 radical (unpaired) electrons. The Balaban J connectivity index is 2.00. The van der Waals surface area contributed by atoms with Gasteiger partial charge >= 0.3 is 0 Å². The molecular formula is C14H12NO2. The molecule has 85 valence electrons. The third-order valence-corrected chi connectivity index (χ3v) is 2.26. The van der Waals surface area contributed by atoms with E-state index in [0.717, 1.165) is 5.56 Å². The number of benzene rings is 2. The number of carbonyl (C=O) groups excluding carboxylic acids is 1. The molecule has 0 heterocycles. The molecule has 0 aromatic heterocycles. The van der Waals surface area contributed by atoms with E-state index in [1.54, 1.807) is 24.3 Å². The second kappa shape index (κ2) is 5.82. The first-order valence-electron chi connectivity index (χ1n) is 5.27. The van der Waals surface area contributed by atoms with Gasteiger partial charge in [0.05, 0.1) is 5.69 Å². The van der Waals surface area contributed by atoms with E-state index in [2.05, 4.69) is 6.07 Å². The molecule has 3 heteroatoms. The normalized spacial score (nSPS) is 9.88. The maximum Gasteiger partial charge on any atom is 0.238 e. The van der Waals surface area contributed by atoms with Crippen LogP contribution in [0.25, 0.3) is 0 Å².